The van der Waals surface area contributed by atoms with Crippen LogP contribution in [0.4, 0.5) is 11.4 Å². The van der Waals surface area contributed by atoms with Gasteiger partial charge in [0.25, 0.3) is 0 Å². The van der Waals surface area contributed by atoms with Crippen molar-refractivity contribution in [3.05, 3.63) is 57.6 Å². The second-order valence-electron chi connectivity index (χ2n) is 5.82. The van der Waals surface area contributed by atoms with Crippen LogP contribution in [0.1, 0.15) is 24.5 Å². The molecule has 1 amide bonds. The second-order valence-corrected chi connectivity index (χ2v) is 8.67. The molecule has 2 aromatic carbocycles. The fourth-order valence-corrected chi connectivity index (χ4v) is 3.50. The number of aryl methyl sites for hydroxylation is 2. The van der Waals surface area contributed by atoms with Crippen molar-refractivity contribution in [1.82, 2.24) is 0 Å². The van der Waals surface area contributed by atoms with Crippen LogP contribution in [0.25, 0.3) is 0 Å². The second kappa shape index (κ2) is 8.75. The quantitative estimate of drug-likeness (QED) is 0.692. The van der Waals surface area contributed by atoms with Gasteiger partial charge in [0.05, 0.1) is 11.4 Å². The molecule has 0 bridgehead atoms. The van der Waals surface area contributed by atoms with Gasteiger partial charge >= 0.3 is 0 Å². The molecule has 0 fully saturated rings. The molecule has 0 atom stereocenters. The maximum absolute atomic E-state index is 12.1. The number of amides is 1. The van der Waals surface area contributed by atoms with E-state index in [1.54, 1.807) is 50.2 Å². The van der Waals surface area contributed by atoms with Gasteiger partial charge in [-0.2, -0.15) is 0 Å². The molecule has 0 aliphatic carbocycles. The summed E-state index contributed by atoms with van der Waals surface area (Å²) >= 11 is 12.0. The largest absolute Gasteiger partial charge is 0.326 e. The van der Waals surface area contributed by atoms with E-state index in [4.69, 9.17) is 23.2 Å². The topological polar surface area (TPSA) is 75.3 Å². The number of anilines is 2. The number of carbonyl (C=O) groups excluding carboxylic acids is 1. The molecule has 2 aromatic rings. The number of carbonyl (C=O) groups is 1. The Bertz CT molecular complexity index is 915. The highest BCUT2D eigenvalue weighted by Gasteiger charge is 2.11. The van der Waals surface area contributed by atoms with Crippen molar-refractivity contribution < 1.29 is 13.2 Å². The van der Waals surface area contributed by atoms with Crippen molar-refractivity contribution in [2.45, 2.75) is 26.7 Å². The van der Waals surface area contributed by atoms with Crippen LogP contribution in [0.5, 0.6) is 0 Å². The first-order valence-corrected chi connectivity index (χ1v) is 10.5. The molecule has 8 heteroatoms. The van der Waals surface area contributed by atoms with Gasteiger partial charge in [-0.25, -0.2) is 8.42 Å². The minimum atomic E-state index is -3.34. The molecular formula is C18H20Cl2N2O3S. The number of sulfonamides is 1. The Hall–Kier alpha value is -1.76. The Morgan fingerprint density at radius 2 is 1.85 bits per heavy atom. The SMILES string of the molecule is CCS(=O)(=O)Nc1ccc(NC(=O)CCc2ccc(Cl)cc2Cl)cc1C. The predicted molar refractivity (Wildman–Crippen MR) is 108 cm³/mol. The lowest BCUT2D eigenvalue weighted by molar-refractivity contribution is -0.116. The highest BCUT2D eigenvalue weighted by atomic mass is 35.5. The lowest BCUT2D eigenvalue weighted by atomic mass is 10.1. The van der Waals surface area contributed by atoms with Crippen LogP contribution in [0, 0.1) is 6.92 Å². The molecule has 2 rings (SSSR count). The molecular weight excluding hydrogens is 395 g/mol. The summed E-state index contributed by atoms with van der Waals surface area (Å²) in [6.07, 6.45) is 0.764. The molecule has 0 radical (unpaired) electrons. The maximum atomic E-state index is 12.1. The van der Waals surface area contributed by atoms with Gasteiger partial charge in [-0.3, -0.25) is 9.52 Å². The summed E-state index contributed by atoms with van der Waals surface area (Å²) in [6, 6.07) is 10.2. The summed E-state index contributed by atoms with van der Waals surface area (Å²) in [6.45, 7) is 3.34. The van der Waals surface area contributed by atoms with E-state index in [1.807, 2.05) is 0 Å². The molecule has 0 heterocycles. The van der Waals surface area contributed by atoms with Gasteiger partial charge in [0.1, 0.15) is 0 Å². The molecule has 2 N–H and O–H groups in total. The summed E-state index contributed by atoms with van der Waals surface area (Å²) in [7, 11) is -3.34. The lowest BCUT2D eigenvalue weighted by Gasteiger charge is -2.12. The third kappa shape index (κ3) is 5.90. The average Bonchev–Trinajstić information content (AvgIpc) is 2.56. The Balaban J connectivity index is 1.97. The van der Waals surface area contributed by atoms with Gasteiger partial charge < -0.3 is 5.32 Å². The third-order valence-corrected chi connectivity index (χ3v) is 5.67. The minimum absolute atomic E-state index is 0.00180. The molecule has 0 saturated heterocycles. The van der Waals surface area contributed by atoms with E-state index in [2.05, 4.69) is 10.0 Å². The molecule has 26 heavy (non-hydrogen) atoms. The van der Waals surface area contributed by atoms with E-state index in [-0.39, 0.29) is 18.1 Å². The summed E-state index contributed by atoms with van der Waals surface area (Å²) < 4.78 is 25.8. The molecule has 0 saturated carbocycles. The molecule has 0 unspecified atom stereocenters. The summed E-state index contributed by atoms with van der Waals surface area (Å²) in [5, 5.41) is 3.89. The van der Waals surface area contributed by atoms with Gasteiger partial charge in [-0.05, 0) is 61.7 Å². The molecule has 0 aliphatic heterocycles. The zero-order chi connectivity index (χ0) is 19.3. The molecule has 0 aromatic heterocycles. The molecule has 5 nitrogen and oxygen atoms in total. The van der Waals surface area contributed by atoms with Crippen LogP contribution < -0.4 is 10.0 Å². The van der Waals surface area contributed by atoms with Crippen LogP contribution in [-0.4, -0.2) is 20.1 Å². The maximum Gasteiger partial charge on any atom is 0.232 e. The van der Waals surface area contributed by atoms with E-state index in [9.17, 15) is 13.2 Å². The van der Waals surface area contributed by atoms with Crippen molar-refractivity contribution in [3.8, 4) is 0 Å². The van der Waals surface area contributed by atoms with E-state index in [1.165, 1.54) is 0 Å². The lowest BCUT2D eigenvalue weighted by Crippen LogP contribution is -2.16. The van der Waals surface area contributed by atoms with E-state index in [0.29, 0.717) is 27.8 Å². The minimum Gasteiger partial charge on any atom is -0.326 e. The van der Waals surface area contributed by atoms with E-state index < -0.39 is 10.0 Å². The Labute approximate surface area is 163 Å². The fraction of sp³-hybridized carbons (Fsp3) is 0.278. The van der Waals surface area contributed by atoms with Gasteiger partial charge in [-0.1, -0.05) is 29.3 Å². The van der Waals surface area contributed by atoms with Crippen LogP contribution in [-0.2, 0) is 21.2 Å². The Kier molecular flexibility index (Phi) is 6.92. The fourth-order valence-electron chi connectivity index (χ4n) is 2.29. The van der Waals surface area contributed by atoms with E-state index >= 15 is 0 Å². The Morgan fingerprint density at radius 3 is 2.46 bits per heavy atom. The zero-order valence-electron chi connectivity index (χ0n) is 14.5. The predicted octanol–water partition coefficient (Wildman–Crippen LogP) is 4.63. The highest BCUT2D eigenvalue weighted by Crippen LogP contribution is 2.23. The number of rotatable bonds is 7. The van der Waals surface area contributed by atoms with Crippen molar-refractivity contribution in [3.63, 3.8) is 0 Å². The van der Waals surface area contributed by atoms with Crippen molar-refractivity contribution in [1.29, 1.82) is 0 Å². The number of nitrogens with one attached hydrogen (secondary N) is 2. The summed E-state index contributed by atoms with van der Waals surface area (Å²) in [4.78, 5) is 12.1. The first-order chi connectivity index (χ1) is 12.2. The van der Waals surface area contributed by atoms with Gasteiger partial charge in [-0.15, -0.1) is 0 Å². The van der Waals surface area contributed by atoms with Crippen LogP contribution >= 0.6 is 23.2 Å². The van der Waals surface area contributed by atoms with Crippen molar-refractivity contribution >= 4 is 50.5 Å². The number of hydrogen-bond donors (Lipinski definition) is 2. The molecule has 0 spiro atoms. The smallest absolute Gasteiger partial charge is 0.232 e. The van der Waals surface area contributed by atoms with Gasteiger partial charge in [0.15, 0.2) is 0 Å². The summed E-state index contributed by atoms with van der Waals surface area (Å²) in [5.41, 5.74) is 2.68. The third-order valence-electron chi connectivity index (χ3n) is 3.79. The number of benzene rings is 2. The Morgan fingerprint density at radius 1 is 1.12 bits per heavy atom. The molecule has 0 aliphatic rings. The normalized spacial score (nSPS) is 11.2. The van der Waals surface area contributed by atoms with Crippen LogP contribution in [0.2, 0.25) is 10.0 Å². The van der Waals surface area contributed by atoms with Crippen LogP contribution in [0.15, 0.2) is 36.4 Å². The number of halogens is 2. The van der Waals surface area contributed by atoms with Gasteiger partial charge in [0.2, 0.25) is 15.9 Å². The van der Waals surface area contributed by atoms with Gasteiger partial charge in [0, 0.05) is 22.2 Å². The monoisotopic (exact) mass is 414 g/mol. The summed E-state index contributed by atoms with van der Waals surface area (Å²) in [5.74, 6) is -0.157. The first kappa shape index (κ1) is 20.6. The first-order valence-electron chi connectivity index (χ1n) is 8.05. The van der Waals surface area contributed by atoms with Crippen LogP contribution in [0.3, 0.4) is 0 Å². The van der Waals surface area contributed by atoms with Crippen molar-refractivity contribution in [2.24, 2.45) is 0 Å². The highest BCUT2D eigenvalue weighted by molar-refractivity contribution is 7.92. The van der Waals surface area contributed by atoms with E-state index in [0.717, 1.165) is 11.1 Å². The number of hydrogen-bond acceptors (Lipinski definition) is 3. The zero-order valence-corrected chi connectivity index (χ0v) is 16.8. The molecule has 140 valence electrons. The van der Waals surface area contributed by atoms with Crippen molar-refractivity contribution in [2.75, 3.05) is 15.8 Å². The standard InChI is InChI=1S/C18H20Cl2N2O3S/c1-3-26(24,25)22-17-8-7-15(10-12(17)2)21-18(23)9-5-13-4-6-14(19)11-16(13)20/h4,6-8,10-11,22H,3,5,9H2,1-2H3,(H,21,23). The average molecular weight is 415 g/mol.